The predicted molar refractivity (Wildman–Crippen MR) is 36.3 cm³/mol. The normalized spacial score (nSPS) is 12.7. The Morgan fingerprint density at radius 1 is 1.90 bits per heavy atom. The van der Waals surface area contributed by atoms with E-state index in [1.807, 2.05) is 0 Å². The molecule has 0 heterocycles. The molecule has 1 unspecified atom stereocenters. The fourth-order valence-electron chi connectivity index (χ4n) is 0.421. The minimum absolute atomic E-state index is 0.0774. The lowest BCUT2D eigenvalue weighted by Gasteiger charge is -2.16. The average Bonchev–Trinajstić information content (AvgIpc) is 1.90. The molecule has 0 rings (SSSR count). The van der Waals surface area contributed by atoms with E-state index in [4.69, 9.17) is 11.6 Å². The Hall–Kier alpha value is -0.550. The Labute approximate surface area is 63.6 Å². The van der Waals surface area contributed by atoms with E-state index in [9.17, 15) is 10.1 Å². The second-order valence-corrected chi connectivity index (χ2v) is 1.96. The number of nitrogens with zero attached hydrogens (tertiary/aromatic N) is 2. The molecule has 0 spiro atoms. The Morgan fingerprint density at radius 3 is 2.50 bits per heavy atom. The summed E-state index contributed by atoms with van der Waals surface area (Å²) in [5.41, 5.74) is 0. The molecule has 0 bridgehead atoms. The number of halogens is 1. The molecule has 0 aromatic rings. The van der Waals surface area contributed by atoms with Crippen molar-refractivity contribution in [2.24, 2.45) is 0 Å². The van der Waals surface area contributed by atoms with E-state index in [1.54, 1.807) is 0 Å². The van der Waals surface area contributed by atoms with Gasteiger partial charge in [-0.2, -0.15) is 0 Å². The maximum absolute atomic E-state index is 10.1. The number of hydrazine groups is 1. The summed E-state index contributed by atoms with van der Waals surface area (Å²) >= 11 is 5.34. The van der Waals surface area contributed by atoms with Crippen LogP contribution in [0.3, 0.4) is 0 Å². The summed E-state index contributed by atoms with van der Waals surface area (Å²) in [5.74, 6) is 0.0774. The summed E-state index contributed by atoms with van der Waals surface area (Å²) in [5, 5.41) is 10.3. The van der Waals surface area contributed by atoms with Crippen LogP contribution in [-0.4, -0.2) is 36.3 Å². The lowest BCUT2D eigenvalue weighted by molar-refractivity contribution is -0.667. The topological polar surface area (TPSA) is 55.6 Å². The zero-order valence-electron chi connectivity index (χ0n) is 5.78. The second kappa shape index (κ2) is 4.29. The van der Waals surface area contributed by atoms with Crippen LogP contribution >= 0.6 is 11.6 Å². The number of rotatable bonds is 4. The van der Waals surface area contributed by atoms with Crippen molar-refractivity contribution in [3.8, 4) is 0 Å². The zero-order chi connectivity index (χ0) is 8.15. The highest BCUT2D eigenvalue weighted by atomic mass is 35.5. The lowest BCUT2D eigenvalue weighted by atomic mass is 10.6. The van der Waals surface area contributed by atoms with E-state index in [-0.39, 0.29) is 5.88 Å². The van der Waals surface area contributed by atoms with Gasteiger partial charge in [-0.1, -0.05) is 0 Å². The maximum atomic E-state index is 10.1. The molecule has 0 saturated heterocycles. The molecule has 5 nitrogen and oxygen atoms in total. The summed E-state index contributed by atoms with van der Waals surface area (Å²) in [6.07, 6.45) is -0.656. The molecule has 1 atom stereocenters. The van der Waals surface area contributed by atoms with Crippen LogP contribution in [0.2, 0.25) is 0 Å². The van der Waals surface area contributed by atoms with Crippen molar-refractivity contribution >= 4 is 11.6 Å². The van der Waals surface area contributed by atoms with Gasteiger partial charge in [-0.25, -0.2) is 10.1 Å². The summed E-state index contributed by atoms with van der Waals surface area (Å²) < 4.78 is 4.67. The number of ether oxygens (including phenoxy) is 1. The Morgan fingerprint density at radius 2 is 2.40 bits per heavy atom. The van der Waals surface area contributed by atoms with Crippen molar-refractivity contribution in [1.82, 2.24) is 5.01 Å². The third-order valence-electron chi connectivity index (χ3n) is 1.08. The molecule has 0 aliphatic heterocycles. The number of alkyl halides is 1. The van der Waals surface area contributed by atoms with Crippen LogP contribution in [0.1, 0.15) is 0 Å². The average molecular weight is 169 g/mol. The molecular weight excluding hydrogens is 160 g/mol. The van der Waals surface area contributed by atoms with Gasteiger partial charge in [0.15, 0.2) is 11.3 Å². The third kappa shape index (κ3) is 2.36. The molecule has 0 N–H and O–H groups in total. The van der Waals surface area contributed by atoms with E-state index >= 15 is 0 Å². The largest absolute Gasteiger partial charge is 0.355 e. The molecule has 0 fully saturated rings. The summed E-state index contributed by atoms with van der Waals surface area (Å²) in [6.45, 7) is 0. The van der Waals surface area contributed by atoms with Crippen molar-refractivity contribution in [1.29, 1.82) is 0 Å². The molecule has 0 aromatic heterocycles. The molecule has 6 heteroatoms. The highest BCUT2D eigenvalue weighted by Crippen LogP contribution is 1.98. The molecule has 60 valence electrons. The van der Waals surface area contributed by atoms with E-state index in [1.165, 1.54) is 14.2 Å². The molecule has 0 amide bonds. The van der Waals surface area contributed by atoms with E-state index < -0.39 is 11.3 Å². The lowest BCUT2D eigenvalue weighted by Crippen LogP contribution is -2.38. The van der Waals surface area contributed by atoms with Gasteiger partial charge < -0.3 is 4.74 Å². The van der Waals surface area contributed by atoms with Gasteiger partial charge in [-0.05, 0) is 0 Å². The van der Waals surface area contributed by atoms with Crippen LogP contribution in [0.15, 0.2) is 0 Å². The van der Waals surface area contributed by atoms with Gasteiger partial charge in [-0.15, -0.1) is 16.6 Å². The van der Waals surface area contributed by atoms with Crippen LogP contribution in [0.25, 0.3) is 0 Å². The van der Waals surface area contributed by atoms with Gasteiger partial charge in [0.05, 0.1) is 12.9 Å². The van der Waals surface area contributed by atoms with Crippen molar-refractivity contribution in [2.45, 2.75) is 6.23 Å². The van der Waals surface area contributed by atoms with Gasteiger partial charge in [0.2, 0.25) is 0 Å². The monoisotopic (exact) mass is 168 g/mol. The Balaban J connectivity index is 3.88. The number of hydrogen-bond acceptors (Lipinski definition) is 3. The van der Waals surface area contributed by atoms with Crippen LogP contribution in [-0.2, 0) is 4.74 Å². The number of methoxy groups -OCH3 is 1. The smallest absolute Gasteiger partial charge is 0.199 e. The van der Waals surface area contributed by atoms with E-state index in [0.29, 0.717) is 0 Å². The minimum Gasteiger partial charge on any atom is -0.355 e. The molecular formula is C4H9ClN2O3. The molecule has 10 heavy (non-hydrogen) atoms. The van der Waals surface area contributed by atoms with Gasteiger partial charge in [0.1, 0.15) is 0 Å². The Bertz CT molecular complexity index is 117. The predicted octanol–water partition coefficient (Wildman–Crippen LogP) is 0.321. The summed E-state index contributed by atoms with van der Waals surface area (Å²) in [4.78, 5) is 10.1. The van der Waals surface area contributed by atoms with Gasteiger partial charge in [0, 0.05) is 7.11 Å². The molecule has 0 aliphatic rings. The summed E-state index contributed by atoms with van der Waals surface area (Å²) in [6, 6.07) is 0. The quantitative estimate of drug-likeness (QED) is 0.263. The minimum atomic E-state index is -0.656. The van der Waals surface area contributed by atoms with E-state index in [0.717, 1.165) is 5.01 Å². The number of hydrogen-bond donors (Lipinski definition) is 0. The summed E-state index contributed by atoms with van der Waals surface area (Å²) in [7, 11) is 2.67. The highest BCUT2D eigenvalue weighted by Gasteiger charge is 2.19. The first kappa shape index (κ1) is 9.45. The van der Waals surface area contributed by atoms with Gasteiger partial charge >= 0.3 is 0 Å². The fourth-order valence-corrected chi connectivity index (χ4v) is 0.746. The van der Waals surface area contributed by atoms with Crippen molar-refractivity contribution in [3.63, 3.8) is 0 Å². The van der Waals surface area contributed by atoms with Gasteiger partial charge in [0.25, 0.3) is 0 Å². The standard InChI is InChI=1S/C4H9ClN2O3/c1-6(7(8)9)4(3-5)10-2/h4H,3H2,1-2H3. The highest BCUT2D eigenvalue weighted by molar-refractivity contribution is 6.18. The third-order valence-corrected chi connectivity index (χ3v) is 1.34. The first-order valence-corrected chi connectivity index (χ1v) is 3.12. The molecule has 0 radical (unpaired) electrons. The molecule has 0 aliphatic carbocycles. The van der Waals surface area contributed by atoms with Crippen LogP contribution in [0.5, 0.6) is 0 Å². The van der Waals surface area contributed by atoms with Crippen molar-refractivity contribution in [3.05, 3.63) is 10.1 Å². The zero-order valence-corrected chi connectivity index (χ0v) is 6.54. The van der Waals surface area contributed by atoms with Gasteiger partial charge in [-0.3, -0.25) is 0 Å². The van der Waals surface area contributed by atoms with Crippen LogP contribution < -0.4 is 0 Å². The Kier molecular flexibility index (Phi) is 4.06. The molecule has 0 saturated carbocycles. The van der Waals surface area contributed by atoms with Crippen molar-refractivity contribution < 1.29 is 9.77 Å². The van der Waals surface area contributed by atoms with Crippen LogP contribution in [0, 0.1) is 10.1 Å². The van der Waals surface area contributed by atoms with E-state index in [2.05, 4.69) is 4.74 Å². The van der Waals surface area contributed by atoms with Crippen LogP contribution in [0.4, 0.5) is 0 Å². The fraction of sp³-hybridized carbons (Fsp3) is 1.00. The second-order valence-electron chi connectivity index (χ2n) is 1.66. The molecule has 0 aromatic carbocycles. The first-order valence-electron chi connectivity index (χ1n) is 2.59. The number of nitro groups is 1. The SMILES string of the molecule is COC(CCl)N(C)[N+](=O)[O-]. The van der Waals surface area contributed by atoms with Crippen molar-refractivity contribution in [2.75, 3.05) is 20.0 Å². The first-order chi connectivity index (χ1) is 4.63. The maximum Gasteiger partial charge on any atom is 0.199 e.